The van der Waals surface area contributed by atoms with Gasteiger partial charge in [-0.3, -0.25) is 9.10 Å². The molecule has 0 saturated carbocycles. The van der Waals surface area contributed by atoms with Gasteiger partial charge in [0.15, 0.2) is 0 Å². The smallest absolute Gasteiger partial charge is 0.254 e. The third kappa shape index (κ3) is 6.06. The molecular weight excluding hydrogens is 488 g/mol. The van der Waals surface area contributed by atoms with E-state index in [1.165, 1.54) is 15.5 Å². The Balaban J connectivity index is 1.46. The molecule has 9 heteroatoms. The van der Waals surface area contributed by atoms with Crippen LogP contribution in [0.4, 0.5) is 5.69 Å². The highest BCUT2D eigenvalue weighted by Crippen LogP contribution is 2.26. The van der Waals surface area contributed by atoms with E-state index in [4.69, 9.17) is 4.52 Å². The highest BCUT2D eigenvalue weighted by Gasteiger charge is 2.21. The minimum absolute atomic E-state index is 0.161. The Labute approximate surface area is 217 Å². The van der Waals surface area contributed by atoms with Crippen LogP contribution in [0.5, 0.6) is 0 Å². The van der Waals surface area contributed by atoms with Gasteiger partial charge in [-0.15, -0.1) is 0 Å². The summed E-state index contributed by atoms with van der Waals surface area (Å²) >= 11 is 0. The molecule has 0 aliphatic carbocycles. The highest BCUT2D eigenvalue weighted by molar-refractivity contribution is 7.92. The number of carbonyl (C=O) groups is 1. The summed E-state index contributed by atoms with van der Waals surface area (Å²) in [7, 11) is -1.85. The Morgan fingerprint density at radius 3 is 2.30 bits per heavy atom. The van der Waals surface area contributed by atoms with E-state index < -0.39 is 10.0 Å². The number of benzene rings is 3. The molecule has 1 aromatic heterocycles. The van der Waals surface area contributed by atoms with Gasteiger partial charge in [-0.1, -0.05) is 53.7 Å². The van der Waals surface area contributed by atoms with Crippen LogP contribution >= 0.6 is 0 Å². The fourth-order valence-electron chi connectivity index (χ4n) is 4.04. The maximum Gasteiger partial charge on any atom is 0.254 e. The van der Waals surface area contributed by atoms with Gasteiger partial charge in [-0.25, -0.2) is 8.42 Å². The SMILES string of the molecule is Cc1ccc(C)c(N(Cc2ccc(C(=O)N(C)Cc3nc(-c4ccccc4C)no3)cc2)S(C)(=O)=O)c1. The number of nitrogens with zero attached hydrogens (tertiary/aromatic N) is 4. The zero-order valence-electron chi connectivity index (χ0n) is 21.6. The summed E-state index contributed by atoms with van der Waals surface area (Å²) in [5, 5.41) is 4.05. The molecule has 0 fully saturated rings. The number of sulfonamides is 1. The van der Waals surface area contributed by atoms with E-state index >= 15 is 0 Å². The summed E-state index contributed by atoms with van der Waals surface area (Å²) in [5.41, 5.74) is 5.65. The number of amides is 1. The van der Waals surface area contributed by atoms with Crippen molar-refractivity contribution in [1.29, 1.82) is 0 Å². The van der Waals surface area contributed by atoms with E-state index in [0.29, 0.717) is 23.0 Å². The van der Waals surface area contributed by atoms with Gasteiger partial charge >= 0.3 is 0 Å². The first-order valence-corrected chi connectivity index (χ1v) is 13.7. The zero-order valence-corrected chi connectivity index (χ0v) is 22.4. The van der Waals surface area contributed by atoms with Crippen LogP contribution < -0.4 is 4.31 Å². The van der Waals surface area contributed by atoms with Crippen molar-refractivity contribution in [3.8, 4) is 11.4 Å². The largest absolute Gasteiger partial charge is 0.337 e. The second-order valence-electron chi connectivity index (χ2n) is 9.24. The molecule has 4 aromatic rings. The molecule has 0 radical (unpaired) electrons. The van der Waals surface area contributed by atoms with E-state index in [9.17, 15) is 13.2 Å². The van der Waals surface area contributed by atoms with Crippen molar-refractivity contribution in [2.24, 2.45) is 0 Å². The number of hydrogen-bond donors (Lipinski definition) is 0. The van der Waals surface area contributed by atoms with Crippen molar-refractivity contribution in [1.82, 2.24) is 15.0 Å². The van der Waals surface area contributed by atoms with Gasteiger partial charge < -0.3 is 9.42 Å². The van der Waals surface area contributed by atoms with Crippen LogP contribution in [0.2, 0.25) is 0 Å². The fraction of sp³-hybridized carbons (Fsp3) is 0.250. The minimum Gasteiger partial charge on any atom is -0.337 e. The quantitative estimate of drug-likeness (QED) is 0.329. The van der Waals surface area contributed by atoms with Crippen LogP contribution in [0.25, 0.3) is 11.4 Å². The summed E-state index contributed by atoms with van der Waals surface area (Å²) in [6.45, 7) is 6.11. The highest BCUT2D eigenvalue weighted by atomic mass is 32.2. The van der Waals surface area contributed by atoms with Crippen LogP contribution in [0.1, 0.15) is 38.5 Å². The first-order chi connectivity index (χ1) is 17.5. The molecule has 0 aliphatic heterocycles. The predicted octanol–water partition coefficient (Wildman–Crippen LogP) is 4.90. The van der Waals surface area contributed by atoms with Crippen molar-refractivity contribution in [3.63, 3.8) is 0 Å². The van der Waals surface area contributed by atoms with Gasteiger partial charge in [0.2, 0.25) is 21.7 Å². The van der Waals surface area contributed by atoms with Crippen molar-refractivity contribution in [2.75, 3.05) is 17.6 Å². The number of carbonyl (C=O) groups excluding carboxylic acids is 1. The molecule has 1 heterocycles. The molecule has 0 aliphatic rings. The summed E-state index contributed by atoms with van der Waals surface area (Å²) in [6.07, 6.45) is 1.20. The zero-order chi connectivity index (χ0) is 26.7. The van der Waals surface area contributed by atoms with Crippen molar-refractivity contribution >= 4 is 21.6 Å². The number of anilines is 1. The lowest BCUT2D eigenvalue weighted by atomic mass is 10.1. The van der Waals surface area contributed by atoms with Crippen molar-refractivity contribution < 1.29 is 17.7 Å². The molecule has 3 aromatic carbocycles. The minimum atomic E-state index is -3.52. The van der Waals surface area contributed by atoms with Crippen LogP contribution in [-0.4, -0.2) is 42.7 Å². The molecule has 192 valence electrons. The molecule has 1 amide bonds. The van der Waals surface area contributed by atoms with Gasteiger partial charge in [-0.2, -0.15) is 4.98 Å². The van der Waals surface area contributed by atoms with Crippen molar-refractivity contribution in [3.05, 3.63) is 100 Å². The summed E-state index contributed by atoms with van der Waals surface area (Å²) < 4.78 is 31.9. The third-order valence-electron chi connectivity index (χ3n) is 6.13. The number of hydrogen-bond acceptors (Lipinski definition) is 6. The van der Waals surface area contributed by atoms with Gasteiger partial charge in [-0.05, 0) is 61.2 Å². The maximum absolute atomic E-state index is 13.0. The fourth-order valence-corrected chi connectivity index (χ4v) is 4.97. The van der Waals surface area contributed by atoms with E-state index in [1.54, 1.807) is 31.3 Å². The lowest BCUT2D eigenvalue weighted by molar-refractivity contribution is 0.0769. The first kappa shape index (κ1) is 26.1. The number of rotatable bonds is 8. The normalized spacial score (nSPS) is 11.4. The first-order valence-electron chi connectivity index (χ1n) is 11.8. The van der Waals surface area contributed by atoms with E-state index in [1.807, 2.05) is 63.2 Å². The molecule has 8 nitrogen and oxygen atoms in total. The predicted molar refractivity (Wildman–Crippen MR) is 144 cm³/mol. The summed E-state index contributed by atoms with van der Waals surface area (Å²) in [4.78, 5) is 18.9. The molecule has 0 spiro atoms. The average molecular weight is 519 g/mol. The van der Waals surface area contributed by atoms with E-state index in [-0.39, 0.29) is 19.0 Å². The monoisotopic (exact) mass is 518 g/mol. The van der Waals surface area contributed by atoms with Crippen LogP contribution in [0.3, 0.4) is 0 Å². The molecule has 4 rings (SSSR count). The van der Waals surface area contributed by atoms with Crippen LogP contribution in [-0.2, 0) is 23.1 Å². The lowest BCUT2D eigenvalue weighted by Crippen LogP contribution is -2.30. The third-order valence-corrected chi connectivity index (χ3v) is 7.26. The molecule has 0 bridgehead atoms. The number of aromatic nitrogens is 2. The topological polar surface area (TPSA) is 96.6 Å². The molecular formula is C28H30N4O4S. The maximum atomic E-state index is 13.0. The van der Waals surface area contributed by atoms with Gasteiger partial charge in [0.25, 0.3) is 5.91 Å². The standard InChI is InChI=1S/C28H30N4O4S/c1-19-10-11-21(3)25(16-19)32(37(5,34)35)17-22-12-14-23(15-13-22)28(33)31(4)18-26-29-27(30-36-26)24-9-7-6-8-20(24)2/h6-16H,17-18H2,1-5H3. The summed E-state index contributed by atoms with van der Waals surface area (Å²) in [5.74, 6) is 0.609. The lowest BCUT2D eigenvalue weighted by Gasteiger charge is -2.25. The van der Waals surface area contributed by atoms with Gasteiger partial charge in [0.1, 0.15) is 0 Å². The Kier molecular flexibility index (Phi) is 7.45. The van der Waals surface area contributed by atoms with Crippen LogP contribution in [0, 0.1) is 20.8 Å². The Morgan fingerprint density at radius 2 is 1.62 bits per heavy atom. The Hall–Kier alpha value is -3.98. The van der Waals surface area contributed by atoms with E-state index in [0.717, 1.165) is 27.8 Å². The molecule has 0 atom stereocenters. The second kappa shape index (κ2) is 10.6. The molecule has 0 saturated heterocycles. The van der Waals surface area contributed by atoms with Gasteiger partial charge in [0.05, 0.1) is 25.0 Å². The molecule has 37 heavy (non-hydrogen) atoms. The van der Waals surface area contributed by atoms with Gasteiger partial charge in [0, 0.05) is 18.2 Å². The Bertz CT molecular complexity index is 1530. The average Bonchev–Trinajstić information content (AvgIpc) is 3.32. The second-order valence-corrected chi connectivity index (χ2v) is 11.2. The Morgan fingerprint density at radius 1 is 0.919 bits per heavy atom. The molecule has 0 unspecified atom stereocenters. The van der Waals surface area contributed by atoms with Crippen molar-refractivity contribution in [2.45, 2.75) is 33.9 Å². The molecule has 0 N–H and O–H groups in total. The van der Waals surface area contributed by atoms with E-state index in [2.05, 4.69) is 10.1 Å². The number of aryl methyl sites for hydroxylation is 3. The summed E-state index contributed by atoms with van der Waals surface area (Å²) in [6, 6.07) is 20.4. The van der Waals surface area contributed by atoms with Crippen LogP contribution in [0.15, 0.2) is 71.3 Å².